The summed E-state index contributed by atoms with van der Waals surface area (Å²) in [6.45, 7) is 2.33. The van der Waals surface area contributed by atoms with Gasteiger partial charge in [-0.1, -0.05) is 17.7 Å². The highest BCUT2D eigenvalue weighted by molar-refractivity contribution is 6.31. The topological polar surface area (TPSA) is 67.4 Å². The largest absolute Gasteiger partial charge is 0.494 e. The Bertz CT molecular complexity index is 836. The van der Waals surface area contributed by atoms with E-state index in [1.54, 1.807) is 6.07 Å². The normalized spacial score (nSPS) is 12.9. The summed E-state index contributed by atoms with van der Waals surface area (Å²) in [5.41, 5.74) is 3.53. The predicted molar refractivity (Wildman–Crippen MR) is 103 cm³/mol. The second kappa shape index (κ2) is 8.23. The van der Waals surface area contributed by atoms with Gasteiger partial charge in [0.1, 0.15) is 5.75 Å². The number of aryl methyl sites for hydroxylation is 1. The summed E-state index contributed by atoms with van der Waals surface area (Å²) in [6, 6.07) is 11.1. The molecule has 5 nitrogen and oxygen atoms in total. The standard InChI is InChI=1S/C20H21ClN2O3/c1-13-16(21)4-2-5-17(13)22-19(24)6-3-11-26-15-8-9-18-14(12-15)7-10-20(25)23-18/h2,4-5,8-9,12H,3,6-7,10-11H2,1H3,(H,22,24)(H,23,25). The van der Waals surface area contributed by atoms with Gasteiger partial charge in [0.05, 0.1) is 6.61 Å². The van der Waals surface area contributed by atoms with Crippen LogP contribution >= 0.6 is 11.6 Å². The van der Waals surface area contributed by atoms with Gasteiger partial charge in [-0.05, 0) is 61.2 Å². The van der Waals surface area contributed by atoms with E-state index < -0.39 is 0 Å². The van der Waals surface area contributed by atoms with Crippen molar-refractivity contribution in [3.63, 3.8) is 0 Å². The van der Waals surface area contributed by atoms with Gasteiger partial charge in [0.15, 0.2) is 0 Å². The lowest BCUT2D eigenvalue weighted by Crippen LogP contribution is -2.18. The number of nitrogens with one attached hydrogen (secondary N) is 2. The predicted octanol–water partition coefficient (Wildman–Crippen LogP) is 4.33. The van der Waals surface area contributed by atoms with Crippen molar-refractivity contribution < 1.29 is 14.3 Å². The Kier molecular flexibility index (Phi) is 5.78. The van der Waals surface area contributed by atoms with Crippen molar-refractivity contribution in [1.82, 2.24) is 0 Å². The van der Waals surface area contributed by atoms with Crippen LogP contribution < -0.4 is 15.4 Å². The fourth-order valence-electron chi connectivity index (χ4n) is 2.83. The van der Waals surface area contributed by atoms with E-state index in [4.69, 9.17) is 16.3 Å². The third-order valence-electron chi connectivity index (χ3n) is 4.33. The zero-order valence-corrected chi connectivity index (χ0v) is 15.4. The lowest BCUT2D eigenvalue weighted by atomic mass is 10.0. The number of halogens is 1. The molecule has 2 N–H and O–H groups in total. The average molecular weight is 373 g/mol. The number of fused-ring (bicyclic) bond motifs is 1. The van der Waals surface area contributed by atoms with E-state index in [1.807, 2.05) is 37.3 Å². The Morgan fingerprint density at radius 3 is 2.96 bits per heavy atom. The first kappa shape index (κ1) is 18.3. The summed E-state index contributed by atoms with van der Waals surface area (Å²) in [5, 5.41) is 6.35. The van der Waals surface area contributed by atoms with Crippen molar-refractivity contribution >= 4 is 34.8 Å². The van der Waals surface area contributed by atoms with Crippen molar-refractivity contribution in [2.45, 2.75) is 32.6 Å². The highest BCUT2D eigenvalue weighted by Gasteiger charge is 2.15. The maximum Gasteiger partial charge on any atom is 0.224 e. The number of anilines is 2. The highest BCUT2D eigenvalue weighted by atomic mass is 35.5. The van der Waals surface area contributed by atoms with Crippen molar-refractivity contribution in [2.75, 3.05) is 17.2 Å². The minimum Gasteiger partial charge on any atom is -0.494 e. The number of hydrogen-bond donors (Lipinski definition) is 2. The monoisotopic (exact) mass is 372 g/mol. The van der Waals surface area contributed by atoms with Crippen LogP contribution in [0.3, 0.4) is 0 Å². The molecule has 0 bridgehead atoms. The molecular formula is C20H21ClN2O3. The Morgan fingerprint density at radius 2 is 2.12 bits per heavy atom. The molecular weight excluding hydrogens is 352 g/mol. The molecule has 0 fully saturated rings. The molecule has 0 aliphatic carbocycles. The van der Waals surface area contributed by atoms with Crippen LogP contribution in [0.2, 0.25) is 5.02 Å². The van der Waals surface area contributed by atoms with Crippen molar-refractivity contribution in [1.29, 1.82) is 0 Å². The Labute approximate surface area is 157 Å². The first-order valence-electron chi connectivity index (χ1n) is 8.63. The zero-order valence-electron chi connectivity index (χ0n) is 14.6. The van der Waals surface area contributed by atoms with E-state index in [9.17, 15) is 9.59 Å². The number of benzene rings is 2. The minimum absolute atomic E-state index is 0.0483. The van der Waals surface area contributed by atoms with E-state index in [1.165, 1.54) is 0 Å². The van der Waals surface area contributed by atoms with Crippen molar-refractivity contribution in [3.8, 4) is 5.75 Å². The molecule has 2 aromatic carbocycles. The molecule has 0 unspecified atom stereocenters. The van der Waals surface area contributed by atoms with E-state index in [0.717, 1.165) is 34.7 Å². The van der Waals surface area contributed by atoms with Gasteiger partial charge >= 0.3 is 0 Å². The van der Waals surface area contributed by atoms with E-state index in [2.05, 4.69) is 10.6 Å². The molecule has 26 heavy (non-hydrogen) atoms. The lowest BCUT2D eigenvalue weighted by molar-refractivity contribution is -0.117. The minimum atomic E-state index is -0.0629. The van der Waals surface area contributed by atoms with E-state index in [0.29, 0.717) is 30.9 Å². The van der Waals surface area contributed by atoms with Crippen molar-refractivity contribution in [2.24, 2.45) is 0 Å². The molecule has 0 saturated heterocycles. The van der Waals surface area contributed by atoms with E-state index >= 15 is 0 Å². The molecule has 136 valence electrons. The first-order valence-corrected chi connectivity index (χ1v) is 9.01. The molecule has 1 aliphatic heterocycles. The zero-order chi connectivity index (χ0) is 18.5. The number of rotatable bonds is 6. The summed E-state index contributed by atoms with van der Waals surface area (Å²) in [7, 11) is 0. The van der Waals surface area contributed by atoms with Gasteiger partial charge in [-0.3, -0.25) is 9.59 Å². The van der Waals surface area contributed by atoms with Crippen LogP contribution in [0.25, 0.3) is 0 Å². The van der Waals surface area contributed by atoms with Gasteiger partial charge < -0.3 is 15.4 Å². The second-order valence-corrected chi connectivity index (χ2v) is 6.69. The lowest BCUT2D eigenvalue weighted by Gasteiger charge is -2.17. The number of carbonyl (C=O) groups excluding carboxylic acids is 2. The number of hydrogen-bond acceptors (Lipinski definition) is 3. The maximum absolute atomic E-state index is 12.1. The Balaban J connectivity index is 1.45. The fraction of sp³-hybridized carbons (Fsp3) is 0.300. The number of carbonyl (C=O) groups is 2. The van der Waals surface area contributed by atoms with Crippen LogP contribution in [-0.4, -0.2) is 18.4 Å². The molecule has 2 aromatic rings. The third-order valence-corrected chi connectivity index (χ3v) is 4.74. The molecule has 0 radical (unpaired) electrons. The average Bonchev–Trinajstić information content (AvgIpc) is 2.62. The molecule has 0 aromatic heterocycles. The van der Waals surface area contributed by atoms with Crippen LogP contribution in [-0.2, 0) is 16.0 Å². The smallest absolute Gasteiger partial charge is 0.224 e. The molecule has 6 heteroatoms. The molecule has 0 spiro atoms. The van der Waals surface area contributed by atoms with Crippen LogP contribution in [0.5, 0.6) is 5.75 Å². The quantitative estimate of drug-likeness (QED) is 0.741. The highest BCUT2D eigenvalue weighted by Crippen LogP contribution is 2.27. The molecule has 3 rings (SSSR count). The molecule has 2 amide bonds. The summed E-state index contributed by atoms with van der Waals surface area (Å²) in [4.78, 5) is 23.4. The van der Waals surface area contributed by atoms with Crippen LogP contribution in [0.1, 0.15) is 30.4 Å². The third kappa shape index (κ3) is 4.55. The maximum atomic E-state index is 12.1. The summed E-state index contributed by atoms with van der Waals surface area (Å²) >= 11 is 6.06. The summed E-state index contributed by atoms with van der Waals surface area (Å²) < 4.78 is 5.73. The molecule has 1 aliphatic rings. The van der Waals surface area contributed by atoms with Gasteiger partial charge in [0.25, 0.3) is 0 Å². The van der Waals surface area contributed by atoms with Crippen LogP contribution in [0.15, 0.2) is 36.4 Å². The number of ether oxygens (including phenoxy) is 1. The van der Waals surface area contributed by atoms with Crippen molar-refractivity contribution in [3.05, 3.63) is 52.5 Å². The van der Waals surface area contributed by atoms with Gasteiger partial charge in [-0.15, -0.1) is 0 Å². The molecule has 1 heterocycles. The molecule has 0 atom stereocenters. The van der Waals surface area contributed by atoms with Gasteiger partial charge in [-0.25, -0.2) is 0 Å². The summed E-state index contributed by atoms with van der Waals surface area (Å²) in [6.07, 6.45) is 2.20. The van der Waals surface area contributed by atoms with Gasteiger partial charge in [0, 0.05) is 29.2 Å². The van der Waals surface area contributed by atoms with Crippen LogP contribution in [0, 0.1) is 6.92 Å². The Morgan fingerprint density at radius 1 is 1.27 bits per heavy atom. The van der Waals surface area contributed by atoms with Crippen LogP contribution in [0.4, 0.5) is 11.4 Å². The summed E-state index contributed by atoms with van der Waals surface area (Å²) in [5.74, 6) is 0.741. The van der Waals surface area contributed by atoms with Gasteiger partial charge in [0.2, 0.25) is 11.8 Å². The SMILES string of the molecule is Cc1c(Cl)cccc1NC(=O)CCCOc1ccc2c(c1)CCC(=O)N2. The fourth-order valence-corrected chi connectivity index (χ4v) is 3.00. The first-order chi connectivity index (χ1) is 12.5. The van der Waals surface area contributed by atoms with Gasteiger partial charge in [-0.2, -0.15) is 0 Å². The molecule has 0 saturated carbocycles. The Hall–Kier alpha value is -2.53. The van der Waals surface area contributed by atoms with E-state index in [-0.39, 0.29) is 11.8 Å². The second-order valence-electron chi connectivity index (χ2n) is 6.28. The number of amides is 2.